The van der Waals surface area contributed by atoms with Gasteiger partial charge in [0.05, 0.1) is 0 Å². The van der Waals surface area contributed by atoms with Gasteiger partial charge in [0, 0.05) is 23.7 Å². The van der Waals surface area contributed by atoms with Gasteiger partial charge in [-0.3, -0.25) is 9.59 Å². The van der Waals surface area contributed by atoms with E-state index in [0.717, 1.165) is 32.5 Å². The van der Waals surface area contributed by atoms with Crippen molar-refractivity contribution in [3.05, 3.63) is 34.9 Å². The van der Waals surface area contributed by atoms with Crippen LogP contribution in [0.2, 0.25) is 5.02 Å². The summed E-state index contributed by atoms with van der Waals surface area (Å²) in [5.74, 6) is 0.419. The average Bonchev–Trinajstić information content (AvgIpc) is 2.60. The number of carbonyl (C=O) groups is 2. The minimum atomic E-state index is -0.510. The summed E-state index contributed by atoms with van der Waals surface area (Å²) in [6.45, 7) is 6.41. The molecular weight excluding hydrogens is 373 g/mol. The van der Waals surface area contributed by atoms with E-state index in [1.54, 1.807) is 24.3 Å². The second-order valence-corrected chi connectivity index (χ2v) is 7.46. The molecule has 1 fully saturated rings. The van der Waals surface area contributed by atoms with Crippen LogP contribution < -0.4 is 10.6 Å². The Balaban J connectivity index is 0.00000338. The van der Waals surface area contributed by atoms with Crippen LogP contribution in [-0.4, -0.2) is 49.4 Å². The van der Waals surface area contributed by atoms with Crippen LogP contribution in [0.4, 0.5) is 0 Å². The molecule has 2 amide bonds. The molecule has 1 aliphatic rings. The lowest BCUT2D eigenvalue weighted by Gasteiger charge is -2.35. The number of rotatable bonds is 6. The maximum absolute atomic E-state index is 12.9. The van der Waals surface area contributed by atoms with E-state index in [0.29, 0.717) is 16.5 Å². The quantitative estimate of drug-likeness (QED) is 0.769. The Morgan fingerprint density at radius 3 is 2.27 bits per heavy atom. The van der Waals surface area contributed by atoms with E-state index in [4.69, 9.17) is 11.6 Å². The van der Waals surface area contributed by atoms with Crippen LogP contribution in [0.3, 0.4) is 0 Å². The summed E-state index contributed by atoms with van der Waals surface area (Å²) < 4.78 is 0. The van der Waals surface area contributed by atoms with Crippen LogP contribution in [0, 0.1) is 11.8 Å². The van der Waals surface area contributed by atoms with E-state index in [-0.39, 0.29) is 30.1 Å². The maximum Gasteiger partial charge on any atom is 0.251 e. The monoisotopic (exact) mass is 401 g/mol. The lowest BCUT2D eigenvalue weighted by molar-refractivity contribution is -0.135. The van der Waals surface area contributed by atoms with Crippen molar-refractivity contribution in [1.29, 1.82) is 0 Å². The highest BCUT2D eigenvalue weighted by Crippen LogP contribution is 2.19. The molecule has 7 heteroatoms. The molecule has 0 saturated carbocycles. The molecule has 1 heterocycles. The molecule has 2 rings (SSSR count). The number of amides is 2. The van der Waals surface area contributed by atoms with E-state index in [1.807, 2.05) is 25.8 Å². The van der Waals surface area contributed by atoms with Crippen LogP contribution in [0.5, 0.6) is 0 Å². The van der Waals surface area contributed by atoms with Gasteiger partial charge in [-0.2, -0.15) is 0 Å². The lowest BCUT2D eigenvalue weighted by atomic mass is 9.95. The fourth-order valence-corrected chi connectivity index (χ4v) is 3.31. The second kappa shape index (κ2) is 10.8. The van der Waals surface area contributed by atoms with Crippen LogP contribution in [0.1, 0.15) is 37.0 Å². The Labute approximate surface area is 167 Å². The molecule has 0 aliphatic carbocycles. The van der Waals surface area contributed by atoms with Gasteiger partial charge in [-0.05, 0) is 62.5 Å². The first kappa shape index (κ1) is 22.7. The summed E-state index contributed by atoms with van der Waals surface area (Å²) in [5.41, 5.74) is 0.510. The fraction of sp³-hybridized carbons (Fsp3) is 0.579. The molecule has 0 radical (unpaired) electrons. The normalized spacial score (nSPS) is 16.1. The number of nitrogens with zero attached hydrogens (tertiary/aromatic N) is 1. The summed E-state index contributed by atoms with van der Waals surface area (Å²) >= 11 is 5.86. The number of hydrogen-bond donors (Lipinski definition) is 2. The summed E-state index contributed by atoms with van der Waals surface area (Å²) in [6.07, 6.45) is 2.01. The van der Waals surface area contributed by atoms with Crippen molar-refractivity contribution in [2.75, 3.05) is 26.7 Å². The van der Waals surface area contributed by atoms with Gasteiger partial charge in [-0.25, -0.2) is 0 Å². The van der Waals surface area contributed by atoms with Crippen molar-refractivity contribution in [1.82, 2.24) is 15.5 Å². The molecular formula is C19H29Cl2N3O2. The molecule has 0 bridgehead atoms. The van der Waals surface area contributed by atoms with Crippen LogP contribution in [0.15, 0.2) is 24.3 Å². The van der Waals surface area contributed by atoms with E-state index >= 15 is 0 Å². The van der Waals surface area contributed by atoms with Gasteiger partial charge in [0.2, 0.25) is 5.91 Å². The van der Waals surface area contributed by atoms with Gasteiger partial charge in [-0.1, -0.05) is 25.4 Å². The van der Waals surface area contributed by atoms with Crippen molar-refractivity contribution < 1.29 is 9.59 Å². The summed E-state index contributed by atoms with van der Waals surface area (Å²) in [4.78, 5) is 27.2. The van der Waals surface area contributed by atoms with Crippen LogP contribution >= 0.6 is 24.0 Å². The van der Waals surface area contributed by atoms with Gasteiger partial charge in [-0.15, -0.1) is 12.4 Å². The first-order chi connectivity index (χ1) is 11.9. The number of benzene rings is 1. The average molecular weight is 402 g/mol. The van der Waals surface area contributed by atoms with Crippen molar-refractivity contribution in [3.63, 3.8) is 0 Å². The number of halogens is 2. The number of likely N-dealkylation sites (tertiary alicyclic amines) is 1. The number of hydrogen-bond acceptors (Lipinski definition) is 3. The van der Waals surface area contributed by atoms with Crippen molar-refractivity contribution >= 4 is 35.8 Å². The predicted octanol–water partition coefficient (Wildman–Crippen LogP) is 2.97. The van der Waals surface area contributed by atoms with E-state index in [9.17, 15) is 9.59 Å². The first-order valence-corrected chi connectivity index (χ1v) is 9.30. The molecule has 1 unspecified atom stereocenters. The Kier molecular flexibility index (Phi) is 9.41. The molecule has 26 heavy (non-hydrogen) atoms. The zero-order valence-electron chi connectivity index (χ0n) is 15.6. The third-order valence-corrected chi connectivity index (χ3v) is 5.00. The molecule has 1 saturated heterocycles. The Morgan fingerprint density at radius 1 is 1.19 bits per heavy atom. The van der Waals surface area contributed by atoms with Gasteiger partial charge >= 0.3 is 0 Å². The Morgan fingerprint density at radius 2 is 1.77 bits per heavy atom. The van der Waals surface area contributed by atoms with E-state index < -0.39 is 6.04 Å². The van der Waals surface area contributed by atoms with E-state index in [1.165, 1.54) is 0 Å². The van der Waals surface area contributed by atoms with Crippen LogP contribution in [0.25, 0.3) is 0 Å². The molecule has 1 aromatic carbocycles. The van der Waals surface area contributed by atoms with Crippen molar-refractivity contribution in [3.8, 4) is 0 Å². The lowest BCUT2D eigenvalue weighted by Crippen LogP contribution is -2.53. The zero-order valence-corrected chi connectivity index (χ0v) is 17.2. The topological polar surface area (TPSA) is 61.4 Å². The minimum absolute atomic E-state index is 0. The molecule has 1 atom stereocenters. The van der Waals surface area contributed by atoms with Gasteiger partial charge in [0.25, 0.3) is 5.91 Å². The first-order valence-electron chi connectivity index (χ1n) is 8.92. The SMILES string of the molecule is CNCC1CCN(C(=O)C(NC(=O)c2ccc(Cl)cc2)C(C)C)CC1.Cl. The van der Waals surface area contributed by atoms with Gasteiger partial charge in [0.15, 0.2) is 0 Å². The molecule has 0 spiro atoms. The number of nitrogens with one attached hydrogen (secondary N) is 2. The smallest absolute Gasteiger partial charge is 0.251 e. The molecule has 5 nitrogen and oxygen atoms in total. The van der Waals surface area contributed by atoms with E-state index in [2.05, 4.69) is 10.6 Å². The molecule has 1 aliphatic heterocycles. The summed E-state index contributed by atoms with van der Waals surface area (Å²) in [7, 11) is 1.96. The minimum Gasteiger partial charge on any atom is -0.341 e. The second-order valence-electron chi connectivity index (χ2n) is 7.03. The van der Waals surface area contributed by atoms with Crippen molar-refractivity contribution in [2.45, 2.75) is 32.7 Å². The van der Waals surface area contributed by atoms with Crippen molar-refractivity contribution in [2.24, 2.45) is 11.8 Å². The maximum atomic E-state index is 12.9. The Bertz CT molecular complexity index is 585. The fourth-order valence-electron chi connectivity index (χ4n) is 3.18. The molecule has 2 N–H and O–H groups in total. The molecule has 146 valence electrons. The number of carbonyl (C=O) groups excluding carboxylic acids is 2. The molecule has 1 aromatic rings. The van der Waals surface area contributed by atoms with Crippen LogP contribution in [-0.2, 0) is 4.79 Å². The third-order valence-electron chi connectivity index (χ3n) is 4.74. The predicted molar refractivity (Wildman–Crippen MR) is 108 cm³/mol. The zero-order chi connectivity index (χ0) is 18.4. The Hall–Kier alpha value is -1.30. The third kappa shape index (κ3) is 6.15. The summed E-state index contributed by atoms with van der Waals surface area (Å²) in [6, 6.07) is 6.18. The van der Waals surface area contributed by atoms with Gasteiger partial charge < -0.3 is 15.5 Å². The van der Waals surface area contributed by atoms with Gasteiger partial charge in [0.1, 0.15) is 6.04 Å². The standard InChI is InChI=1S/C19H28ClN3O2.ClH/c1-13(2)17(22-18(24)15-4-6-16(20)7-5-15)19(25)23-10-8-14(9-11-23)12-21-3;/h4-7,13-14,17,21H,8-12H2,1-3H3,(H,22,24);1H. The largest absolute Gasteiger partial charge is 0.341 e. The highest BCUT2D eigenvalue weighted by Gasteiger charge is 2.31. The molecule has 0 aromatic heterocycles. The highest BCUT2D eigenvalue weighted by atomic mass is 35.5. The highest BCUT2D eigenvalue weighted by molar-refractivity contribution is 6.30. The number of piperidine rings is 1. The summed E-state index contributed by atoms with van der Waals surface area (Å²) in [5, 5.41) is 6.68.